The Morgan fingerprint density at radius 2 is 1.96 bits per heavy atom. The molecule has 6 heteroatoms. The second kappa shape index (κ2) is 10.2. The Morgan fingerprint density at radius 3 is 2.71 bits per heavy atom. The summed E-state index contributed by atoms with van der Waals surface area (Å²) in [6.45, 7) is 3.70. The summed E-state index contributed by atoms with van der Waals surface area (Å²) >= 11 is 0. The van der Waals surface area contributed by atoms with Gasteiger partial charge < -0.3 is 20.3 Å². The summed E-state index contributed by atoms with van der Waals surface area (Å²) in [7, 11) is 4.03. The van der Waals surface area contributed by atoms with Crippen LogP contribution in [0.5, 0.6) is 0 Å². The summed E-state index contributed by atoms with van der Waals surface area (Å²) in [5.74, 6) is 2.90. The van der Waals surface area contributed by atoms with Gasteiger partial charge in [0.05, 0.1) is 12.7 Å². The second-order valence-corrected chi connectivity index (χ2v) is 7.67. The molecule has 1 aliphatic heterocycles. The molecule has 1 heterocycles. The molecule has 1 saturated heterocycles. The molecule has 0 aromatic rings. The number of aliphatic imine (C=N–C) groups is 1. The van der Waals surface area contributed by atoms with E-state index in [0.717, 1.165) is 44.0 Å². The third-order valence-corrected chi connectivity index (χ3v) is 5.94. The zero-order valence-electron chi connectivity index (χ0n) is 15.3. The van der Waals surface area contributed by atoms with E-state index in [1.165, 1.54) is 44.9 Å². The van der Waals surface area contributed by atoms with Crippen molar-refractivity contribution in [3.05, 3.63) is 0 Å². The van der Waals surface area contributed by atoms with Crippen LogP contribution in [-0.2, 0) is 4.74 Å². The monoisotopic (exact) mass is 450 g/mol. The van der Waals surface area contributed by atoms with Crippen molar-refractivity contribution in [2.24, 2.45) is 16.8 Å². The average molecular weight is 450 g/mol. The first-order valence-electron chi connectivity index (χ1n) is 9.52. The molecule has 3 aliphatic rings. The zero-order valence-corrected chi connectivity index (χ0v) is 17.6. The highest BCUT2D eigenvalue weighted by molar-refractivity contribution is 14.0. The van der Waals surface area contributed by atoms with Gasteiger partial charge in [-0.15, -0.1) is 24.0 Å². The van der Waals surface area contributed by atoms with Crippen LogP contribution in [0.4, 0.5) is 0 Å². The molecule has 2 N–H and O–H groups in total. The molecular formula is C18H35IN4O. The van der Waals surface area contributed by atoms with E-state index in [0.29, 0.717) is 6.04 Å². The Kier molecular flexibility index (Phi) is 8.57. The number of nitrogens with one attached hydrogen (secondary N) is 2. The normalized spacial score (nSPS) is 34.8. The van der Waals surface area contributed by atoms with E-state index in [-0.39, 0.29) is 30.1 Å². The zero-order chi connectivity index (χ0) is 16.1. The number of morpholine rings is 1. The number of rotatable bonds is 3. The Bertz CT molecular complexity index is 406. The summed E-state index contributed by atoms with van der Waals surface area (Å²) in [6, 6.07) is 0.593. The lowest BCUT2D eigenvalue weighted by atomic mass is 9.69. The highest BCUT2D eigenvalue weighted by atomic mass is 127. The van der Waals surface area contributed by atoms with E-state index in [9.17, 15) is 0 Å². The maximum absolute atomic E-state index is 5.82. The Hall–Kier alpha value is -0.0800. The fraction of sp³-hybridized carbons (Fsp3) is 0.944. The van der Waals surface area contributed by atoms with E-state index in [2.05, 4.69) is 27.6 Å². The molecule has 0 radical (unpaired) electrons. The number of likely N-dealkylation sites (N-methyl/N-ethyl adjacent to an activating group) is 1. The van der Waals surface area contributed by atoms with Gasteiger partial charge in [-0.3, -0.25) is 4.99 Å². The smallest absolute Gasteiger partial charge is 0.191 e. The summed E-state index contributed by atoms with van der Waals surface area (Å²) < 4.78 is 5.82. The molecule has 5 nitrogen and oxygen atoms in total. The molecule has 2 aliphatic carbocycles. The Labute approximate surface area is 164 Å². The fourth-order valence-corrected chi connectivity index (χ4v) is 4.59. The van der Waals surface area contributed by atoms with Crippen molar-refractivity contribution in [2.75, 3.05) is 40.3 Å². The van der Waals surface area contributed by atoms with Gasteiger partial charge in [-0.2, -0.15) is 0 Å². The lowest BCUT2D eigenvalue weighted by molar-refractivity contribution is -0.0161. The van der Waals surface area contributed by atoms with Gasteiger partial charge in [-0.1, -0.05) is 25.7 Å². The Morgan fingerprint density at radius 1 is 1.17 bits per heavy atom. The van der Waals surface area contributed by atoms with Crippen LogP contribution in [-0.4, -0.2) is 63.3 Å². The standard InChI is InChI=1S/C18H34N4O.HI/c1-19-18(20-12-17-13-22(2)9-10-23-17)21-16-8-7-14-5-3-4-6-15(14)11-16;/h14-17H,3-13H2,1-2H3,(H2,19,20,21);1H. The van der Waals surface area contributed by atoms with Crippen LogP contribution in [0.2, 0.25) is 0 Å². The molecule has 4 unspecified atom stereocenters. The first-order valence-corrected chi connectivity index (χ1v) is 9.52. The predicted octanol–water partition coefficient (Wildman–Crippen LogP) is 2.46. The van der Waals surface area contributed by atoms with Crippen LogP contribution in [0, 0.1) is 11.8 Å². The summed E-state index contributed by atoms with van der Waals surface area (Å²) in [5, 5.41) is 7.13. The predicted molar refractivity (Wildman–Crippen MR) is 110 cm³/mol. The number of nitrogens with zero attached hydrogens (tertiary/aromatic N) is 2. The van der Waals surface area contributed by atoms with Crippen LogP contribution in [0.3, 0.4) is 0 Å². The average Bonchev–Trinajstić information content (AvgIpc) is 2.58. The van der Waals surface area contributed by atoms with Gasteiger partial charge in [0.2, 0.25) is 0 Å². The summed E-state index contributed by atoms with van der Waals surface area (Å²) in [6.07, 6.45) is 10.1. The summed E-state index contributed by atoms with van der Waals surface area (Å²) in [4.78, 5) is 6.74. The topological polar surface area (TPSA) is 48.9 Å². The van der Waals surface area contributed by atoms with Crippen molar-refractivity contribution < 1.29 is 4.74 Å². The van der Waals surface area contributed by atoms with Crippen molar-refractivity contribution in [3.63, 3.8) is 0 Å². The van der Waals surface area contributed by atoms with Gasteiger partial charge in [0, 0.05) is 32.7 Å². The number of guanidine groups is 1. The molecule has 24 heavy (non-hydrogen) atoms. The van der Waals surface area contributed by atoms with Crippen molar-refractivity contribution in [2.45, 2.75) is 57.1 Å². The minimum atomic E-state index is 0. The first kappa shape index (κ1) is 20.2. The lowest BCUT2D eigenvalue weighted by Crippen LogP contribution is -2.51. The van der Waals surface area contributed by atoms with E-state index in [4.69, 9.17) is 4.74 Å². The molecule has 0 aromatic carbocycles. The number of hydrogen-bond donors (Lipinski definition) is 2. The third-order valence-electron chi connectivity index (χ3n) is 5.94. The van der Waals surface area contributed by atoms with Crippen LogP contribution in [0.25, 0.3) is 0 Å². The van der Waals surface area contributed by atoms with Crippen molar-refractivity contribution in [1.82, 2.24) is 15.5 Å². The van der Waals surface area contributed by atoms with Gasteiger partial charge in [-0.05, 0) is 38.1 Å². The first-order chi connectivity index (χ1) is 11.2. The number of fused-ring (bicyclic) bond motifs is 1. The SMILES string of the molecule is CN=C(NCC1CN(C)CCO1)NC1CCC2CCCCC2C1.I. The van der Waals surface area contributed by atoms with E-state index >= 15 is 0 Å². The molecular weight excluding hydrogens is 415 g/mol. The van der Waals surface area contributed by atoms with Gasteiger partial charge in [0.1, 0.15) is 0 Å². The maximum Gasteiger partial charge on any atom is 0.191 e. The van der Waals surface area contributed by atoms with Crippen molar-refractivity contribution >= 4 is 29.9 Å². The van der Waals surface area contributed by atoms with Crippen LogP contribution in [0.15, 0.2) is 4.99 Å². The maximum atomic E-state index is 5.82. The number of halogens is 1. The van der Waals surface area contributed by atoms with Gasteiger partial charge in [0.25, 0.3) is 0 Å². The number of ether oxygens (including phenoxy) is 1. The van der Waals surface area contributed by atoms with Gasteiger partial charge in [0.15, 0.2) is 5.96 Å². The minimum Gasteiger partial charge on any atom is -0.374 e. The highest BCUT2D eigenvalue weighted by Gasteiger charge is 2.32. The van der Waals surface area contributed by atoms with E-state index in [1.54, 1.807) is 0 Å². The Balaban J connectivity index is 0.00000208. The molecule has 3 fully saturated rings. The van der Waals surface area contributed by atoms with Gasteiger partial charge >= 0.3 is 0 Å². The minimum absolute atomic E-state index is 0. The van der Waals surface area contributed by atoms with E-state index < -0.39 is 0 Å². The van der Waals surface area contributed by atoms with Crippen LogP contribution in [0.1, 0.15) is 44.9 Å². The molecule has 4 atom stereocenters. The second-order valence-electron chi connectivity index (χ2n) is 7.67. The molecule has 0 amide bonds. The van der Waals surface area contributed by atoms with Gasteiger partial charge in [-0.25, -0.2) is 0 Å². The highest BCUT2D eigenvalue weighted by Crippen LogP contribution is 2.40. The van der Waals surface area contributed by atoms with E-state index in [1.807, 2.05) is 7.05 Å². The third kappa shape index (κ3) is 5.73. The van der Waals surface area contributed by atoms with Crippen LogP contribution < -0.4 is 10.6 Å². The summed E-state index contributed by atoms with van der Waals surface area (Å²) in [5.41, 5.74) is 0. The molecule has 2 saturated carbocycles. The van der Waals surface area contributed by atoms with Crippen LogP contribution >= 0.6 is 24.0 Å². The van der Waals surface area contributed by atoms with Crippen molar-refractivity contribution in [3.8, 4) is 0 Å². The lowest BCUT2D eigenvalue weighted by Gasteiger charge is -2.40. The molecule has 0 spiro atoms. The fourth-order valence-electron chi connectivity index (χ4n) is 4.59. The van der Waals surface area contributed by atoms with Crippen molar-refractivity contribution in [1.29, 1.82) is 0 Å². The largest absolute Gasteiger partial charge is 0.374 e. The molecule has 140 valence electrons. The molecule has 0 aromatic heterocycles. The quantitative estimate of drug-likeness (QED) is 0.394. The number of hydrogen-bond acceptors (Lipinski definition) is 3. The molecule has 0 bridgehead atoms. The molecule has 3 rings (SSSR count).